The van der Waals surface area contributed by atoms with E-state index in [1.165, 1.54) is 11.1 Å². The summed E-state index contributed by atoms with van der Waals surface area (Å²) in [6.45, 7) is 3.82. The molecule has 0 aliphatic rings. The van der Waals surface area contributed by atoms with Gasteiger partial charge in [-0.3, -0.25) is 0 Å². The van der Waals surface area contributed by atoms with Gasteiger partial charge < -0.3 is 0 Å². The summed E-state index contributed by atoms with van der Waals surface area (Å²) in [6, 6.07) is 14.5. The van der Waals surface area contributed by atoms with Gasteiger partial charge in [0, 0.05) is 8.95 Å². The first-order valence-electron chi connectivity index (χ1n) is 4.89. The van der Waals surface area contributed by atoms with Crippen molar-refractivity contribution < 1.29 is 0 Å². The third-order valence-electron chi connectivity index (χ3n) is 2.38. The summed E-state index contributed by atoms with van der Waals surface area (Å²) >= 11 is 7.07. The van der Waals surface area contributed by atoms with Crippen molar-refractivity contribution in [3.05, 3.63) is 63.6 Å². The molecule has 0 aliphatic heterocycles. The molecule has 0 heterocycles. The quantitative estimate of drug-likeness (QED) is 0.676. The Kier molecular flexibility index (Phi) is 3.62. The zero-order valence-electron chi connectivity index (χ0n) is 8.58. The Balaban J connectivity index is 2.59. The maximum absolute atomic E-state index is 3.82. The summed E-state index contributed by atoms with van der Waals surface area (Å²) in [6.07, 6.45) is 1.85. The van der Waals surface area contributed by atoms with Crippen LogP contribution in [-0.4, -0.2) is 0 Å². The van der Waals surface area contributed by atoms with E-state index in [9.17, 15) is 0 Å². The second-order valence-corrected chi connectivity index (χ2v) is 5.08. The van der Waals surface area contributed by atoms with Crippen LogP contribution in [0.25, 0.3) is 17.2 Å². The van der Waals surface area contributed by atoms with E-state index in [2.05, 4.69) is 62.7 Å². The lowest BCUT2D eigenvalue weighted by molar-refractivity contribution is 1.53. The molecule has 80 valence electrons. The minimum atomic E-state index is 1.04. The normalized spacial score (nSPS) is 10.1. The smallest absolute Gasteiger partial charge is 0.0390 e. The van der Waals surface area contributed by atoms with Gasteiger partial charge in [0.2, 0.25) is 0 Å². The van der Waals surface area contributed by atoms with Gasteiger partial charge in [0.15, 0.2) is 0 Å². The van der Waals surface area contributed by atoms with Gasteiger partial charge in [0.05, 0.1) is 0 Å². The Morgan fingerprint density at radius 3 is 2.25 bits per heavy atom. The topological polar surface area (TPSA) is 0 Å². The van der Waals surface area contributed by atoms with E-state index >= 15 is 0 Å². The first-order chi connectivity index (χ1) is 7.72. The first-order valence-corrected chi connectivity index (χ1v) is 6.48. The van der Waals surface area contributed by atoms with E-state index in [-0.39, 0.29) is 0 Å². The molecule has 0 spiro atoms. The molecule has 2 aromatic carbocycles. The Morgan fingerprint density at radius 2 is 1.62 bits per heavy atom. The maximum Gasteiger partial charge on any atom is 0.0390 e. The maximum atomic E-state index is 3.82. The van der Waals surface area contributed by atoms with Crippen LogP contribution in [-0.2, 0) is 0 Å². The molecule has 0 unspecified atom stereocenters. The predicted octanol–water partition coefficient (Wildman–Crippen LogP) is 5.52. The molecule has 0 aliphatic carbocycles. The van der Waals surface area contributed by atoms with Gasteiger partial charge >= 0.3 is 0 Å². The first kappa shape index (κ1) is 11.6. The molecule has 0 saturated heterocycles. The van der Waals surface area contributed by atoms with Crippen LogP contribution in [0.5, 0.6) is 0 Å². The highest BCUT2D eigenvalue weighted by atomic mass is 79.9. The molecule has 0 radical (unpaired) electrons. The number of rotatable bonds is 2. The van der Waals surface area contributed by atoms with Gasteiger partial charge in [-0.2, -0.15) is 0 Å². The zero-order chi connectivity index (χ0) is 11.5. The SMILES string of the molecule is C=Cc1cc(-c2ccccc2)cc(Br)c1Br. The Morgan fingerprint density at radius 1 is 0.938 bits per heavy atom. The van der Waals surface area contributed by atoms with Gasteiger partial charge in [-0.25, -0.2) is 0 Å². The molecule has 0 aromatic heterocycles. The van der Waals surface area contributed by atoms with Crippen LogP contribution in [0.2, 0.25) is 0 Å². The fraction of sp³-hybridized carbons (Fsp3) is 0. The van der Waals surface area contributed by atoms with Crippen molar-refractivity contribution >= 4 is 37.9 Å². The second kappa shape index (κ2) is 4.98. The van der Waals surface area contributed by atoms with Gasteiger partial charge in [0.1, 0.15) is 0 Å². The average molecular weight is 338 g/mol. The van der Waals surface area contributed by atoms with Crippen LogP contribution < -0.4 is 0 Å². The van der Waals surface area contributed by atoms with E-state index < -0.39 is 0 Å². The highest BCUT2D eigenvalue weighted by molar-refractivity contribution is 9.13. The molecular formula is C14H10Br2. The zero-order valence-corrected chi connectivity index (χ0v) is 11.8. The average Bonchev–Trinajstić information content (AvgIpc) is 2.33. The fourth-order valence-corrected chi connectivity index (χ4v) is 2.42. The molecule has 0 amide bonds. The molecular weight excluding hydrogens is 328 g/mol. The summed E-state index contributed by atoms with van der Waals surface area (Å²) < 4.78 is 2.09. The Labute approximate surface area is 112 Å². The lowest BCUT2D eigenvalue weighted by Crippen LogP contribution is -1.83. The van der Waals surface area contributed by atoms with Gasteiger partial charge in [-0.15, -0.1) is 0 Å². The summed E-state index contributed by atoms with van der Waals surface area (Å²) in [5, 5.41) is 0. The van der Waals surface area contributed by atoms with Crippen molar-refractivity contribution in [3.63, 3.8) is 0 Å². The predicted molar refractivity (Wildman–Crippen MR) is 77.4 cm³/mol. The van der Waals surface area contributed by atoms with Crippen LogP contribution in [0, 0.1) is 0 Å². The molecule has 2 heteroatoms. The molecule has 0 atom stereocenters. The minimum absolute atomic E-state index is 1.04. The summed E-state index contributed by atoms with van der Waals surface area (Å²) in [4.78, 5) is 0. The van der Waals surface area contributed by atoms with Crippen LogP contribution in [0.15, 0.2) is 58.0 Å². The third-order valence-corrected chi connectivity index (χ3v) is 4.43. The second-order valence-electron chi connectivity index (χ2n) is 3.43. The summed E-state index contributed by atoms with van der Waals surface area (Å²) in [5.41, 5.74) is 3.48. The molecule has 0 N–H and O–H groups in total. The molecule has 2 aromatic rings. The van der Waals surface area contributed by atoms with Gasteiger partial charge in [0.25, 0.3) is 0 Å². The molecule has 0 saturated carbocycles. The van der Waals surface area contributed by atoms with E-state index in [4.69, 9.17) is 0 Å². The molecule has 2 rings (SSSR count). The number of benzene rings is 2. The van der Waals surface area contributed by atoms with Crippen molar-refractivity contribution in [2.45, 2.75) is 0 Å². The van der Waals surface area contributed by atoms with E-state index in [0.29, 0.717) is 0 Å². The van der Waals surface area contributed by atoms with E-state index in [1.54, 1.807) is 0 Å². The highest BCUT2D eigenvalue weighted by Crippen LogP contribution is 2.33. The van der Waals surface area contributed by atoms with Crippen molar-refractivity contribution in [2.24, 2.45) is 0 Å². The van der Waals surface area contributed by atoms with E-state index in [1.807, 2.05) is 24.3 Å². The number of hydrogen-bond donors (Lipinski definition) is 0. The number of hydrogen-bond acceptors (Lipinski definition) is 0. The highest BCUT2D eigenvalue weighted by Gasteiger charge is 2.05. The van der Waals surface area contributed by atoms with Crippen molar-refractivity contribution in [1.82, 2.24) is 0 Å². The van der Waals surface area contributed by atoms with E-state index in [0.717, 1.165) is 14.5 Å². The van der Waals surface area contributed by atoms with Crippen molar-refractivity contribution in [1.29, 1.82) is 0 Å². The molecule has 0 nitrogen and oxygen atoms in total. The van der Waals surface area contributed by atoms with Crippen molar-refractivity contribution in [3.8, 4) is 11.1 Å². The largest absolute Gasteiger partial charge is 0.0984 e. The van der Waals surface area contributed by atoms with Gasteiger partial charge in [-0.05, 0) is 60.7 Å². The standard InChI is InChI=1S/C14H10Br2/c1-2-10-8-12(9-13(15)14(10)16)11-6-4-3-5-7-11/h2-9H,1H2. The summed E-state index contributed by atoms with van der Waals surface area (Å²) in [5.74, 6) is 0. The molecule has 16 heavy (non-hydrogen) atoms. The number of halogens is 2. The minimum Gasteiger partial charge on any atom is -0.0984 e. The fourth-order valence-electron chi connectivity index (χ4n) is 1.56. The lowest BCUT2D eigenvalue weighted by atomic mass is 10.0. The molecule has 0 bridgehead atoms. The monoisotopic (exact) mass is 336 g/mol. The van der Waals surface area contributed by atoms with Crippen LogP contribution in [0.4, 0.5) is 0 Å². The van der Waals surface area contributed by atoms with Gasteiger partial charge in [-0.1, -0.05) is 43.0 Å². The van der Waals surface area contributed by atoms with Crippen LogP contribution >= 0.6 is 31.9 Å². The summed E-state index contributed by atoms with van der Waals surface area (Å²) in [7, 11) is 0. The Bertz CT molecular complexity index is 516. The molecule has 0 fully saturated rings. The Hall–Kier alpha value is -0.860. The lowest BCUT2D eigenvalue weighted by Gasteiger charge is -2.07. The van der Waals surface area contributed by atoms with Crippen LogP contribution in [0.3, 0.4) is 0 Å². The van der Waals surface area contributed by atoms with Crippen molar-refractivity contribution in [2.75, 3.05) is 0 Å². The van der Waals surface area contributed by atoms with Crippen LogP contribution in [0.1, 0.15) is 5.56 Å². The third kappa shape index (κ3) is 2.28.